The number of nitrogens with one attached hydrogen (secondary N) is 2. The topological polar surface area (TPSA) is 141 Å². The molecule has 0 aliphatic carbocycles. The maximum Gasteiger partial charge on any atom is 0.269 e. The highest BCUT2D eigenvalue weighted by Crippen LogP contribution is 2.15. The van der Waals surface area contributed by atoms with Gasteiger partial charge in [0.05, 0.1) is 6.54 Å². The van der Waals surface area contributed by atoms with Crippen molar-refractivity contribution in [2.75, 3.05) is 0 Å². The molecule has 0 atom stereocenters. The molecule has 0 aliphatic heterocycles. The van der Waals surface area contributed by atoms with Gasteiger partial charge in [0.15, 0.2) is 0 Å². The third kappa shape index (κ3) is 6.09. The summed E-state index contributed by atoms with van der Waals surface area (Å²) >= 11 is 0. The fraction of sp³-hybridized carbons (Fsp3) is 0.115. The van der Waals surface area contributed by atoms with Gasteiger partial charge in [0.2, 0.25) is 23.4 Å². The zero-order valence-corrected chi connectivity index (χ0v) is 19.6. The van der Waals surface area contributed by atoms with E-state index < -0.39 is 5.91 Å². The Labute approximate surface area is 211 Å². The van der Waals surface area contributed by atoms with E-state index in [0.29, 0.717) is 29.6 Å². The average Bonchev–Trinajstić information content (AvgIpc) is 3.62. The summed E-state index contributed by atoms with van der Waals surface area (Å²) in [6.07, 6.45) is 0.323. The molecule has 2 heterocycles. The number of tetrazole rings is 1. The lowest BCUT2D eigenvalue weighted by molar-refractivity contribution is -0.121. The molecule has 5 aromatic rings. The first-order valence-electron chi connectivity index (χ1n) is 11.5. The molecule has 0 bridgehead atoms. The smallest absolute Gasteiger partial charge is 0.269 e. The van der Waals surface area contributed by atoms with Gasteiger partial charge in [-0.2, -0.15) is 9.78 Å². The number of aromatic nitrogens is 6. The number of carbonyl (C=O) groups is 2. The first-order chi connectivity index (χ1) is 18.1. The second-order valence-corrected chi connectivity index (χ2v) is 8.09. The minimum Gasteiger partial charge on any atom is -0.339 e. The lowest BCUT2D eigenvalue weighted by Gasteiger charge is -2.07. The first kappa shape index (κ1) is 23.5. The van der Waals surface area contributed by atoms with Crippen LogP contribution < -0.4 is 10.9 Å². The first-order valence-corrected chi connectivity index (χ1v) is 11.5. The Morgan fingerprint density at radius 3 is 2.19 bits per heavy atom. The predicted octanol–water partition coefficient (Wildman–Crippen LogP) is 2.83. The Hall–Kier alpha value is -5.19. The molecule has 5 rings (SSSR count). The Morgan fingerprint density at radius 1 is 0.811 bits per heavy atom. The molecule has 0 saturated carbocycles. The average molecular weight is 495 g/mol. The number of aryl methyl sites for hydroxylation is 1. The highest BCUT2D eigenvalue weighted by Gasteiger charge is 2.12. The zero-order valence-electron chi connectivity index (χ0n) is 19.6. The van der Waals surface area contributed by atoms with Crippen LogP contribution >= 0.6 is 0 Å². The van der Waals surface area contributed by atoms with Gasteiger partial charge in [0.25, 0.3) is 5.91 Å². The summed E-state index contributed by atoms with van der Waals surface area (Å²) in [5, 5.41) is 16.5. The van der Waals surface area contributed by atoms with E-state index in [1.165, 1.54) is 4.80 Å². The Kier molecular flexibility index (Phi) is 7.02. The second kappa shape index (κ2) is 11.0. The van der Waals surface area contributed by atoms with Crippen LogP contribution in [0, 0.1) is 0 Å². The quantitative estimate of drug-likeness (QED) is 0.314. The molecule has 184 valence electrons. The van der Waals surface area contributed by atoms with E-state index in [1.54, 1.807) is 24.3 Å². The van der Waals surface area contributed by atoms with Gasteiger partial charge in [-0.15, -0.1) is 10.2 Å². The fourth-order valence-corrected chi connectivity index (χ4v) is 3.48. The molecular formula is C26H22N8O3. The molecule has 0 aliphatic rings. The molecule has 2 N–H and O–H groups in total. The van der Waals surface area contributed by atoms with E-state index >= 15 is 0 Å². The summed E-state index contributed by atoms with van der Waals surface area (Å²) in [6, 6.07) is 25.9. The van der Waals surface area contributed by atoms with Crippen LogP contribution in [0.4, 0.5) is 0 Å². The molecule has 0 radical (unpaired) electrons. The third-order valence-electron chi connectivity index (χ3n) is 5.41. The molecular weight excluding hydrogens is 472 g/mol. The SMILES string of the molecule is O=C(CCc1nc(-c2ccccc2)no1)NNC(=O)c1ccc(Cn2nnc(-c3ccccc3)n2)cc1. The van der Waals surface area contributed by atoms with Crippen LogP contribution in [0.15, 0.2) is 89.5 Å². The van der Waals surface area contributed by atoms with E-state index in [-0.39, 0.29) is 18.7 Å². The van der Waals surface area contributed by atoms with Gasteiger partial charge >= 0.3 is 0 Å². The lowest BCUT2D eigenvalue weighted by atomic mass is 10.1. The monoisotopic (exact) mass is 494 g/mol. The minimum atomic E-state index is -0.436. The maximum absolute atomic E-state index is 12.4. The van der Waals surface area contributed by atoms with Gasteiger partial charge in [-0.05, 0) is 22.9 Å². The molecule has 11 nitrogen and oxygen atoms in total. The van der Waals surface area contributed by atoms with Crippen molar-refractivity contribution in [1.82, 2.24) is 41.2 Å². The molecule has 11 heteroatoms. The number of carbonyl (C=O) groups excluding carboxylic acids is 2. The predicted molar refractivity (Wildman–Crippen MR) is 132 cm³/mol. The molecule has 0 unspecified atom stereocenters. The second-order valence-electron chi connectivity index (χ2n) is 8.09. The summed E-state index contributed by atoms with van der Waals surface area (Å²) in [5.41, 5.74) is 7.82. The number of rotatable bonds is 8. The normalized spacial score (nSPS) is 10.7. The van der Waals surface area contributed by atoms with Crippen LogP contribution in [0.3, 0.4) is 0 Å². The van der Waals surface area contributed by atoms with Crippen molar-refractivity contribution in [3.63, 3.8) is 0 Å². The molecule has 3 aromatic carbocycles. The van der Waals surface area contributed by atoms with Crippen molar-refractivity contribution in [3.05, 3.63) is 102 Å². The van der Waals surface area contributed by atoms with Crippen LogP contribution in [0.1, 0.15) is 28.2 Å². The van der Waals surface area contributed by atoms with Crippen LogP contribution in [-0.2, 0) is 17.8 Å². The van der Waals surface area contributed by atoms with Gasteiger partial charge in [-0.3, -0.25) is 20.4 Å². The summed E-state index contributed by atoms with van der Waals surface area (Å²) in [4.78, 5) is 30.3. The molecule has 0 spiro atoms. The van der Waals surface area contributed by atoms with Crippen molar-refractivity contribution in [3.8, 4) is 22.8 Å². The van der Waals surface area contributed by atoms with Gasteiger partial charge < -0.3 is 4.52 Å². The van der Waals surface area contributed by atoms with Gasteiger partial charge in [0, 0.05) is 29.5 Å². The summed E-state index contributed by atoms with van der Waals surface area (Å²) in [6.45, 7) is 0.403. The number of hydrazine groups is 1. The van der Waals surface area contributed by atoms with Crippen LogP contribution in [0.2, 0.25) is 0 Å². The van der Waals surface area contributed by atoms with E-state index in [0.717, 1.165) is 16.7 Å². The number of hydrogen-bond acceptors (Lipinski definition) is 8. The number of amides is 2. The summed E-state index contributed by atoms with van der Waals surface area (Å²) < 4.78 is 5.20. The van der Waals surface area contributed by atoms with Crippen molar-refractivity contribution in [1.29, 1.82) is 0 Å². The Balaban J connectivity index is 1.08. The summed E-state index contributed by atoms with van der Waals surface area (Å²) in [7, 11) is 0. The minimum absolute atomic E-state index is 0.0749. The van der Waals surface area contributed by atoms with E-state index in [1.807, 2.05) is 60.7 Å². The molecule has 2 amide bonds. The standard InChI is InChI=1S/C26H22N8O3/c35-22(15-16-23-27-24(32-37-23)19-7-3-1-4-8-19)28-30-26(36)21-13-11-18(12-14-21)17-34-31-25(29-33-34)20-9-5-2-6-10-20/h1-14H,15-17H2,(H,28,35)(H,30,36). The zero-order chi connectivity index (χ0) is 25.5. The number of benzene rings is 3. The van der Waals surface area contributed by atoms with Crippen molar-refractivity contribution >= 4 is 11.8 Å². The van der Waals surface area contributed by atoms with Crippen molar-refractivity contribution in [2.24, 2.45) is 0 Å². The van der Waals surface area contributed by atoms with Crippen LogP contribution in [0.25, 0.3) is 22.8 Å². The van der Waals surface area contributed by atoms with Gasteiger partial charge in [-0.25, -0.2) is 0 Å². The van der Waals surface area contributed by atoms with E-state index in [9.17, 15) is 9.59 Å². The number of nitrogens with zero attached hydrogens (tertiary/aromatic N) is 6. The Bertz CT molecular complexity index is 1480. The largest absolute Gasteiger partial charge is 0.339 e. The van der Waals surface area contributed by atoms with Crippen LogP contribution in [0.5, 0.6) is 0 Å². The highest BCUT2D eigenvalue weighted by molar-refractivity contribution is 5.95. The van der Waals surface area contributed by atoms with E-state index in [4.69, 9.17) is 4.52 Å². The van der Waals surface area contributed by atoms with Crippen LogP contribution in [-0.4, -0.2) is 42.2 Å². The molecule has 37 heavy (non-hydrogen) atoms. The molecule has 0 saturated heterocycles. The Morgan fingerprint density at radius 2 is 1.49 bits per heavy atom. The molecule has 0 fully saturated rings. The van der Waals surface area contributed by atoms with Crippen molar-refractivity contribution < 1.29 is 14.1 Å². The fourth-order valence-electron chi connectivity index (χ4n) is 3.48. The van der Waals surface area contributed by atoms with Gasteiger partial charge in [0.1, 0.15) is 0 Å². The lowest BCUT2D eigenvalue weighted by Crippen LogP contribution is -2.41. The highest BCUT2D eigenvalue weighted by atomic mass is 16.5. The summed E-state index contributed by atoms with van der Waals surface area (Å²) in [5.74, 6) is 0.533. The van der Waals surface area contributed by atoms with Crippen molar-refractivity contribution in [2.45, 2.75) is 19.4 Å². The number of hydrogen-bond donors (Lipinski definition) is 2. The van der Waals surface area contributed by atoms with E-state index in [2.05, 4.69) is 36.4 Å². The third-order valence-corrected chi connectivity index (χ3v) is 5.41. The molecule has 2 aromatic heterocycles. The van der Waals surface area contributed by atoms with Gasteiger partial charge in [-0.1, -0.05) is 78.0 Å². The maximum atomic E-state index is 12.4.